The molecule has 0 aliphatic carbocycles. The van der Waals surface area contributed by atoms with E-state index in [1.54, 1.807) is 27.7 Å². The highest BCUT2D eigenvalue weighted by molar-refractivity contribution is 7.48. The fourth-order valence-electron chi connectivity index (χ4n) is 2.19. The third-order valence-corrected chi connectivity index (χ3v) is 4.84. The number of Topliss-reactive ketones (excluding diaryl/α,β-unsaturated/α-hetero) is 2. The Morgan fingerprint density at radius 3 is 2.46 bits per heavy atom. The van der Waals surface area contributed by atoms with E-state index in [0.717, 1.165) is 0 Å². The predicted molar refractivity (Wildman–Crippen MR) is 90.4 cm³/mol. The van der Waals surface area contributed by atoms with Crippen LogP contribution in [0.1, 0.15) is 53.9 Å². The van der Waals surface area contributed by atoms with Crippen molar-refractivity contribution < 1.29 is 42.0 Å². The molecule has 1 fully saturated rings. The number of carbonyl (C=O) groups excluding carboxylic acids is 3. The Kier molecular flexibility index (Phi) is 8.40. The van der Waals surface area contributed by atoms with Crippen molar-refractivity contribution in [2.45, 2.75) is 66.1 Å². The number of hydrogen-bond acceptors (Lipinski definition) is 9. The molecule has 1 heterocycles. The Labute approximate surface area is 153 Å². The highest BCUT2D eigenvalue weighted by Gasteiger charge is 2.48. The number of ether oxygens (including phenoxy) is 2. The molecule has 10 heteroatoms. The van der Waals surface area contributed by atoms with Gasteiger partial charge in [0.1, 0.15) is 11.9 Å². The van der Waals surface area contributed by atoms with Crippen LogP contribution in [0.15, 0.2) is 0 Å². The zero-order valence-corrected chi connectivity index (χ0v) is 16.7. The van der Waals surface area contributed by atoms with Crippen molar-refractivity contribution in [1.29, 1.82) is 0 Å². The second-order valence-electron chi connectivity index (χ2n) is 7.02. The van der Waals surface area contributed by atoms with Crippen molar-refractivity contribution in [3.05, 3.63) is 0 Å². The number of phosphoric acid groups is 1. The van der Waals surface area contributed by atoms with Crippen molar-refractivity contribution in [2.75, 3.05) is 13.4 Å². The van der Waals surface area contributed by atoms with E-state index in [-0.39, 0.29) is 37.1 Å². The van der Waals surface area contributed by atoms with Crippen molar-refractivity contribution in [1.82, 2.24) is 0 Å². The monoisotopic (exact) mass is 394 g/mol. The van der Waals surface area contributed by atoms with Gasteiger partial charge >= 0.3 is 14.0 Å². The first-order valence-corrected chi connectivity index (χ1v) is 9.84. The number of hydrogen-bond donors (Lipinski definition) is 0. The largest absolute Gasteiger partial charge is 0.510 e. The maximum absolute atomic E-state index is 12.5. The van der Waals surface area contributed by atoms with Crippen LogP contribution in [-0.4, -0.2) is 43.3 Å². The molecule has 150 valence electrons. The molecule has 0 spiro atoms. The SMILES string of the molecule is CC(=O)CCCC(=O)[C@@H]1O[P@@](=O)(OCOC(=O)OC(C)C)OCC1(C)C. The van der Waals surface area contributed by atoms with Crippen LogP contribution in [0.25, 0.3) is 0 Å². The second kappa shape index (κ2) is 9.60. The van der Waals surface area contributed by atoms with Crippen LogP contribution in [0.5, 0.6) is 0 Å². The van der Waals surface area contributed by atoms with Crippen LogP contribution < -0.4 is 0 Å². The van der Waals surface area contributed by atoms with Gasteiger partial charge in [0.05, 0.1) is 12.7 Å². The van der Waals surface area contributed by atoms with Crippen molar-refractivity contribution >= 4 is 25.5 Å². The molecule has 0 unspecified atom stereocenters. The molecule has 1 saturated heterocycles. The normalized spacial score (nSPS) is 24.9. The van der Waals surface area contributed by atoms with Crippen LogP contribution in [0.3, 0.4) is 0 Å². The van der Waals surface area contributed by atoms with E-state index < -0.39 is 32.3 Å². The van der Waals surface area contributed by atoms with E-state index in [9.17, 15) is 18.9 Å². The van der Waals surface area contributed by atoms with Crippen LogP contribution >= 0.6 is 7.82 Å². The van der Waals surface area contributed by atoms with Crippen molar-refractivity contribution in [2.24, 2.45) is 5.41 Å². The molecule has 0 saturated carbocycles. The van der Waals surface area contributed by atoms with E-state index >= 15 is 0 Å². The molecule has 0 aromatic carbocycles. The summed E-state index contributed by atoms with van der Waals surface area (Å²) >= 11 is 0. The number of phosphoric ester groups is 1. The molecule has 1 aliphatic rings. The van der Waals surface area contributed by atoms with E-state index in [1.165, 1.54) is 6.92 Å². The second-order valence-corrected chi connectivity index (χ2v) is 8.65. The molecule has 9 nitrogen and oxygen atoms in total. The van der Waals surface area contributed by atoms with E-state index in [4.69, 9.17) is 18.3 Å². The van der Waals surface area contributed by atoms with Crippen LogP contribution in [0.4, 0.5) is 4.79 Å². The van der Waals surface area contributed by atoms with E-state index in [2.05, 4.69) is 4.74 Å². The molecule has 0 radical (unpaired) electrons. The Bertz CT molecular complexity index is 570. The summed E-state index contributed by atoms with van der Waals surface area (Å²) in [6, 6.07) is 0. The number of ketones is 2. The quantitative estimate of drug-likeness (QED) is 0.330. The minimum Gasteiger partial charge on any atom is -0.432 e. The fraction of sp³-hybridized carbons (Fsp3) is 0.812. The molecule has 0 aromatic heterocycles. The zero-order chi connectivity index (χ0) is 20.0. The third-order valence-electron chi connectivity index (χ3n) is 3.50. The minimum atomic E-state index is -4.07. The molecule has 0 aromatic rings. The molecular formula is C16H27O9P. The maximum Gasteiger partial charge on any atom is 0.510 e. The molecule has 1 aliphatic heterocycles. The Morgan fingerprint density at radius 2 is 1.88 bits per heavy atom. The first-order chi connectivity index (χ1) is 11.9. The van der Waals surface area contributed by atoms with E-state index in [1.807, 2.05) is 0 Å². The van der Waals surface area contributed by atoms with Gasteiger partial charge in [0.2, 0.25) is 6.79 Å². The summed E-state index contributed by atoms with van der Waals surface area (Å²) in [7, 11) is -4.07. The predicted octanol–water partition coefficient (Wildman–Crippen LogP) is 3.40. The van der Waals surface area contributed by atoms with E-state index in [0.29, 0.717) is 6.42 Å². The van der Waals surface area contributed by atoms with Gasteiger partial charge in [-0.3, -0.25) is 13.8 Å². The lowest BCUT2D eigenvalue weighted by molar-refractivity contribution is -0.141. The molecular weight excluding hydrogens is 367 g/mol. The van der Waals surface area contributed by atoms with Crippen LogP contribution in [0.2, 0.25) is 0 Å². The van der Waals surface area contributed by atoms with Gasteiger partial charge in [-0.15, -0.1) is 0 Å². The van der Waals surface area contributed by atoms with Crippen LogP contribution in [0, 0.1) is 5.41 Å². The third kappa shape index (κ3) is 7.53. The van der Waals surface area contributed by atoms with Crippen molar-refractivity contribution in [3.63, 3.8) is 0 Å². The smallest absolute Gasteiger partial charge is 0.432 e. The minimum absolute atomic E-state index is 0.00982. The Balaban J connectivity index is 2.60. The summed E-state index contributed by atoms with van der Waals surface area (Å²) < 4.78 is 37.2. The first kappa shape index (κ1) is 22.8. The van der Waals surface area contributed by atoms with Gasteiger partial charge in [-0.1, -0.05) is 13.8 Å². The summed E-state index contributed by atoms with van der Waals surface area (Å²) in [6.45, 7) is 7.47. The molecule has 0 N–H and O–H groups in total. The van der Waals surface area contributed by atoms with Gasteiger partial charge in [0.25, 0.3) is 0 Å². The average Bonchev–Trinajstić information content (AvgIpc) is 2.49. The lowest BCUT2D eigenvalue weighted by Gasteiger charge is -2.39. The van der Waals surface area contributed by atoms with Gasteiger partial charge in [0.15, 0.2) is 5.78 Å². The highest BCUT2D eigenvalue weighted by atomic mass is 31.2. The maximum atomic E-state index is 12.5. The zero-order valence-electron chi connectivity index (χ0n) is 15.8. The highest BCUT2D eigenvalue weighted by Crippen LogP contribution is 2.57. The summed E-state index contributed by atoms with van der Waals surface area (Å²) in [6.07, 6.45) is -1.59. The topological polar surface area (TPSA) is 114 Å². The molecule has 1 rings (SSSR count). The van der Waals surface area contributed by atoms with Gasteiger partial charge in [0, 0.05) is 18.3 Å². The summed E-state index contributed by atoms with van der Waals surface area (Å²) in [5.74, 6) is -0.298. The summed E-state index contributed by atoms with van der Waals surface area (Å²) in [5, 5.41) is 0. The molecule has 0 amide bonds. The Hall–Kier alpha value is -1.28. The van der Waals surface area contributed by atoms with Gasteiger partial charge in [-0.25, -0.2) is 13.9 Å². The first-order valence-electron chi connectivity index (χ1n) is 8.38. The molecule has 26 heavy (non-hydrogen) atoms. The number of carbonyl (C=O) groups is 3. The van der Waals surface area contributed by atoms with Crippen LogP contribution in [-0.2, 0) is 37.2 Å². The average molecular weight is 394 g/mol. The fourth-order valence-corrected chi connectivity index (χ4v) is 3.72. The number of rotatable bonds is 9. The van der Waals surface area contributed by atoms with Gasteiger partial charge in [-0.05, 0) is 27.2 Å². The lowest BCUT2D eigenvalue weighted by atomic mass is 9.84. The summed E-state index contributed by atoms with van der Waals surface area (Å²) in [5.41, 5.74) is -0.720. The van der Waals surface area contributed by atoms with Crippen molar-refractivity contribution in [3.8, 4) is 0 Å². The molecule has 0 bridgehead atoms. The summed E-state index contributed by atoms with van der Waals surface area (Å²) in [4.78, 5) is 34.7. The lowest BCUT2D eigenvalue weighted by Crippen LogP contribution is -2.44. The van der Waals surface area contributed by atoms with Gasteiger partial charge in [-0.2, -0.15) is 0 Å². The Morgan fingerprint density at radius 1 is 1.23 bits per heavy atom. The van der Waals surface area contributed by atoms with Gasteiger partial charge < -0.3 is 14.3 Å². The molecule has 2 atom stereocenters. The standard InChI is InChI=1S/C16H27O9P/c1-11(2)24-15(19)21-10-23-26(20)22-9-16(4,5)14(25-26)13(18)8-6-7-12(3)17/h11,14H,6-10H2,1-5H3/t14-,26+/m0/s1.